The molecule has 0 spiro atoms. The van der Waals surface area contributed by atoms with Gasteiger partial charge in [-0.2, -0.15) is 17.5 Å². The monoisotopic (exact) mass is 626 g/mol. The molecule has 43 heavy (non-hydrogen) atoms. The normalized spacial score (nSPS) is 20.4. The molecule has 0 bridgehead atoms. The Morgan fingerprint density at radius 2 is 1.98 bits per heavy atom. The van der Waals surface area contributed by atoms with E-state index in [4.69, 9.17) is 24.4 Å². The van der Waals surface area contributed by atoms with E-state index in [1.54, 1.807) is 31.9 Å². The van der Waals surface area contributed by atoms with Crippen LogP contribution in [0.15, 0.2) is 22.9 Å². The first-order valence-electron chi connectivity index (χ1n) is 14.2. The van der Waals surface area contributed by atoms with Gasteiger partial charge in [0, 0.05) is 38.5 Å². The van der Waals surface area contributed by atoms with E-state index < -0.39 is 29.8 Å². The number of ether oxygens (including phenoxy) is 3. The van der Waals surface area contributed by atoms with E-state index in [-0.39, 0.29) is 32.2 Å². The first kappa shape index (κ1) is 31.3. The fourth-order valence-electron chi connectivity index (χ4n) is 5.33. The lowest BCUT2D eigenvalue weighted by molar-refractivity contribution is -0.177. The summed E-state index contributed by atoms with van der Waals surface area (Å²) in [5, 5.41) is 6.34. The average Bonchev–Trinajstić information content (AvgIpc) is 3.53. The maximum absolute atomic E-state index is 13.5. The zero-order valence-corrected chi connectivity index (χ0v) is 25.1. The van der Waals surface area contributed by atoms with Crippen molar-refractivity contribution >= 4 is 45.3 Å². The lowest BCUT2D eigenvalue weighted by Crippen LogP contribution is -2.50. The summed E-state index contributed by atoms with van der Waals surface area (Å²) in [6.07, 6.45) is 0.0307. The van der Waals surface area contributed by atoms with Gasteiger partial charge in [0.15, 0.2) is 5.58 Å². The van der Waals surface area contributed by atoms with Gasteiger partial charge >= 0.3 is 12.3 Å². The highest BCUT2D eigenvalue weighted by Gasteiger charge is 2.44. The van der Waals surface area contributed by atoms with Crippen LogP contribution in [0.1, 0.15) is 57.1 Å². The minimum absolute atomic E-state index is 0.00666. The van der Waals surface area contributed by atoms with E-state index in [1.807, 2.05) is 12.3 Å². The average molecular weight is 627 g/mol. The molecule has 2 saturated heterocycles. The van der Waals surface area contributed by atoms with Crippen LogP contribution in [0.5, 0.6) is 0 Å². The molecular weight excluding hydrogens is 589 g/mol. The molecule has 2 fully saturated rings. The zero-order chi connectivity index (χ0) is 30.8. The number of nitrogens with zero attached hydrogens (tertiary/aromatic N) is 3. The Hall–Kier alpha value is -3.14. The third-order valence-electron chi connectivity index (χ3n) is 7.35. The Morgan fingerprint density at radius 1 is 1.21 bits per heavy atom. The summed E-state index contributed by atoms with van der Waals surface area (Å²) in [5.41, 5.74) is 8.40. The number of alkyl halides is 3. The summed E-state index contributed by atoms with van der Waals surface area (Å²) >= 11 is 1.10. The highest BCUT2D eigenvalue weighted by molar-refractivity contribution is 7.10. The maximum Gasteiger partial charge on any atom is 0.414 e. The Labute approximate surface area is 251 Å². The summed E-state index contributed by atoms with van der Waals surface area (Å²) in [7, 11) is 0. The van der Waals surface area contributed by atoms with Gasteiger partial charge in [-0.25, -0.2) is 4.79 Å². The number of nitrogens with one attached hydrogen (secondary N) is 2. The van der Waals surface area contributed by atoms with Crippen LogP contribution in [0.4, 0.5) is 34.5 Å². The summed E-state index contributed by atoms with van der Waals surface area (Å²) in [5.74, 6) is -1.04. The number of anilines is 3. The molecular formula is C28H37F3N6O5S. The number of fused-ring (bicyclic) bond motifs is 1. The summed E-state index contributed by atoms with van der Waals surface area (Å²) < 4.78 is 67.3. The van der Waals surface area contributed by atoms with Crippen LogP contribution in [-0.4, -0.2) is 66.3 Å². The second kappa shape index (κ2) is 12.8. The predicted octanol–water partition coefficient (Wildman–Crippen LogP) is 5.83. The lowest BCUT2D eigenvalue weighted by atomic mass is 9.93. The first-order chi connectivity index (χ1) is 20.4. The van der Waals surface area contributed by atoms with Gasteiger partial charge in [-0.1, -0.05) is 0 Å². The Bertz CT molecular complexity index is 1400. The number of hydrogen-bond donors (Lipinski definition) is 3. The van der Waals surface area contributed by atoms with E-state index in [0.29, 0.717) is 53.0 Å². The third kappa shape index (κ3) is 7.88. The number of nitrogens with two attached hydrogens (primary N) is 1. The summed E-state index contributed by atoms with van der Waals surface area (Å²) in [6.45, 7) is 6.80. The second-order valence-electron chi connectivity index (χ2n) is 11.9. The Balaban J connectivity index is 1.28. The smallest absolute Gasteiger partial charge is 0.414 e. The number of amides is 1. The van der Waals surface area contributed by atoms with Crippen molar-refractivity contribution in [2.24, 2.45) is 11.7 Å². The standard InChI is InChI=1S/C28H37F3N6O5S/c1-27(2,3)42-26(38)36-24-20(23-22(41-24)8-17(10-33-23)16-4-6-39-7-5-16)14-40-15-34-21-11-35-43-25(21)37-12-18(28(29,30)31)9-19(32)13-37/h8,10-11,16,18-19,34H,4-7,9,12-15,32H2,1-3H3,(H,36,38). The number of carbonyl (C=O) groups excluding carboxylic acids is 1. The van der Waals surface area contributed by atoms with E-state index in [9.17, 15) is 18.0 Å². The largest absolute Gasteiger partial charge is 0.444 e. The van der Waals surface area contributed by atoms with Crippen LogP contribution in [0.25, 0.3) is 11.1 Å². The molecule has 0 aliphatic carbocycles. The van der Waals surface area contributed by atoms with Crippen LogP contribution >= 0.6 is 11.5 Å². The summed E-state index contributed by atoms with van der Waals surface area (Å²) in [6, 6.07) is 1.33. The summed E-state index contributed by atoms with van der Waals surface area (Å²) in [4.78, 5) is 18.9. The van der Waals surface area contributed by atoms with Crippen LogP contribution in [0.2, 0.25) is 0 Å². The van der Waals surface area contributed by atoms with Gasteiger partial charge in [0.25, 0.3) is 0 Å². The van der Waals surface area contributed by atoms with Crippen molar-refractivity contribution in [3.63, 3.8) is 0 Å². The third-order valence-corrected chi connectivity index (χ3v) is 8.21. The number of rotatable bonds is 8. The fourth-order valence-corrected chi connectivity index (χ4v) is 6.08. The zero-order valence-electron chi connectivity index (χ0n) is 24.3. The van der Waals surface area contributed by atoms with Crippen molar-refractivity contribution < 1.29 is 36.6 Å². The van der Waals surface area contributed by atoms with Gasteiger partial charge in [0.05, 0.1) is 30.0 Å². The first-order valence-corrected chi connectivity index (χ1v) is 15.0. The molecule has 0 radical (unpaired) electrons. The van der Waals surface area contributed by atoms with E-state index >= 15 is 0 Å². The SMILES string of the molecule is CC(C)(C)OC(=O)Nc1oc2cc(C3CCOCC3)cnc2c1COCNc1cnsc1N1CC(N)CC(C(F)(F)F)C1. The number of carbonyl (C=O) groups is 1. The molecule has 2 atom stereocenters. The number of aromatic nitrogens is 2. The van der Waals surface area contributed by atoms with Gasteiger partial charge < -0.3 is 34.6 Å². The topological polar surface area (TPSA) is 137 Å². The minimum Gasteiger partial charge on any atom is -0.444 e. The van der Waals surface area contributed by atoms with Crippen molar-refractivity contribution in [3.05, 3.63) is 29.6 Å². The number of halogens is 3. The van der Waals surface area contributed by atoms with Gasteiger partial charge in [-0.3, -0.25) is 10.3 Å². The van der Waals surface area contributed by atoms with Crippen molar-refractivity contribution in [2.75, 3.05) is 48.6 Å². The molecule has 2 unspecified atom stereocenters. The second-order valence-corrected chi connectivity index (χ2v) is 12.7. The van der Waals surface area contributed by atoms with E-state index in [1.165, 1.54) is 0 Å². The van der Waals surface area contributed by atoms with Crippen LogP contribution in [0.3, 0.4) is 0 Å². The molecule has 11 nitrogen and oxygen atoms in total. The Morgan fingerprint density at radius 3 is 2.70 bits per heavy atom. The molecule has 2 aliphatic heterocycles. The van der Waals surface area contributed by atoms with Crippen LogP contribution in [0, 0.1) is 5.92 Å². The van der Waals surface area contributed by atoms with Crippen LogP contribution < -0.4 is 21.3 Å². The molecule has 4 N–H and O–H groups in total. The Kier molecular flexibility index (Phi) is 9.34. The number of pyridine rings is 1. The molecule has 3 aromatic heterocycles. The van der Waals surface area contributed by atoms with E-state index in [0.717, 1.165) is 29.9 Å². The molecule has 15 heteroatoms. The minimum atomic E-state index is -4.32. The van der Waals surface area contributed by atoms with Gasteiger partial charge in [0.1, 0.15) is 22.8 Å². The molecule has 236 valence electrons. The molecule has 5 heterocycles. The van der Waals surface area contributed by atoms with Crippen molar-refractivity contribution in [1.29, 1.82) is 0 Å². The molecule has 1 amide bonds. The number of furan rings is 1. The van der Waals surface area contributed by atoms with E-state index in [2.05, 4.69) is 20.0 Å². The van der Waals surface area contributed by atoms with Gasteiger partial charge in [0.2, 0.25) is 5.88 Å². The van der Waals surface area contributed by atoms with Gasteiger partial charge in [-0.05, 0) is 69.1 Å². The highest BCUT2D eigenvalue weighted by atomic mass is 32.1. The van der Waals surface area contributed by atoms with Gasteiger partial charge in [-0.15, -0.1) is 0 Å². The molecule has 3 aromatic rings. The maximum atomic E-state index is 13.5. The fraction of sp³-hybridized carbons (Fsp3) is 0.607. The highest BCUT2D eigenvalue weighted by Crippen LogP contribution is 2.39. The van der Waals surface area contributed by atoms with Crippen LogP contribution in [-0.2, 0) is 20.8 Å². The van der Waals surface area contributed by atoms with Crippen molar-refractivity contribution in [1.82, 2.24) is 9.36 Å². The molecule has 5 rings (SSSR count). The quantitative estimate of drug-likeness (QED) is 0.207. The molecule has 0 aromatic carbocycles. The van der Waals surface area contributed by atoms with Crippen molar-refractivity contribution in [3.8, 4) is 0 Å². The lowest BCUT2D eigenvalue weighted by Gasteiger charge is -2.37. The molecule has 2 aliphatic rings. The number of piperidine rings is 1. The predicted molar refractivity (Wildman–Crippen MR) is 156 cm³/mol. The van der Waals surface area contributed by atoms with Crippen molar-refractivity contribution in [2.45, 2.75) is 70.4 Å². The molecule has 0 saturated carbocycles. The number of hydrogen-bond acceptors (Lipinski definition) is 11.